The van der Waals surface area contributed by atoms with Crippen molar-refractivity contribution in [2.45, 2.75) is 51.6 Å². The van der Waals surface area contributed by atoms with E-state index < -0.39 is 0 Å². The summed E-state index contributed by atoms with van der Waals surface area (Å²) in [6, 6.07) is 3.95. The maximum Gasteiger partial charge on any atom is 0.230 e. The molecule has 0 aromatic carbocycles. The fourth-order valence-electron chi connectivity index (χ4n) is 2.52. The normalized spacial score (nSPS) is 15.8. The van der Waals surface area contributed by atoms with Crippen LogP contribution in [0.1, 0.15) is 44.8 Å². The molecule has 4 nitrogen and oxygen atoms in total. The SMILES string of the molecule is CC(=O)CC(=O)N(Cc1ccco1)C1CCCC1. The van der Waals surface area contributed by atoms with Crippen molar-refractivity contribution in [3.05, 3.63) is 24.2 Å². The van der Waals surface area contributed by atoms with Gasteiger partial charge in [-0.05, 0) is 31.9 Å². The molecule has 1 aromatic heterocycles. The molecule has 4 heteroatoms. The highest BCUT2D eigenvalue weighted by Gasteiger charge is 2.27. The van der Waals surface area contributed by atoms with E-state index in [0.717, 1.165) is 31.4 Å². The van der Waals surface area contributed by atoms with Crippen LogP contribution in [0, 0.1) is 0 Å². The summed E-state index contributed by atoms with van der Waals surface area (Å²) in [5, 5.41) is 0. The summed E-state index contributed by atoms with van der Waals surface area (Å²) in [5.41, 5.74) is 0. The Bertz CT molecular complexity index is 405. The summed E-state index contributed by atoms with van der Waals surface area (Å²) in [6.07, 6.45) is 5.99. The molecule has 1 fully saturated rings. The minimum absolute atomic E-state index is 0.00277. The minimum atomic E-state index is -0.0811. The molecule has 18 heavy (non-hydrogen) atoms. The van der Waals surface area contributed by atoms with Crippen LogP contribution in [0.2, 0.25) is 0 Å². The number of nitrogens with zero attached hydrogens (tertiary/aromatic N) is 1. The Kier molecular flexibility index (Phi) is 4.18. The maximum atomic E-state index is 12.1. The van der Waals surface area contributed by atoms with Crippen LogP contribution >= 0.6 is 0 Å². The highest BCUT2D eigenvalue weighted by atomic mass is 16.3. The maximum absolute atomic E-state index is 12.1. The third-order valence-electron chi connectivity index (χ3n) is 3.39. The smallest absolute Gasteiger partial charge is 0.230 e. The average Bonchev–Trinajstić information content (AvgIpc) is 2.98. The van der Waals surface area contributed by atoms with E-state index in [2.05, 4.69) is 0 Å². The Morgan fingerprint density at radius 3 is 2.67 bits per heavy atom. The Labute approximate surface area is 107 Å². The zero-order chi connectivity index (χ0) is 13.0. The zero-order valence-corrected chi connectivity index (χ0v) is 10.7. The second kappa shape index (κ2) is 5.85. The number of rotatable bonds is 5. The van der Waals surface area contributed by atoms with Crippen LogP contribution in [0.4, 0.5) is 0 Å². The topological polar surface area (TPSA) is 50.5 Å². The number of hydrogen-bond donors (Lipinski definition) is 0. The molecule has 0 N–H and O–H groups in total. The van der Waals surface area contributed by atoms with E-state index in [9.17, 15) is 9.59 Å². The van der Waals surface area contributed by atoms with Crippen LogP contribution in [0.3, 0.4) is 0 Å². The molecule has 1 heterocycles. The fraction of sp³-hybridized carbons (Fsp3) is 0.571. The lowest BCUT2D eigenvalue weighted by Crippen LogP contribution is -2.38. The van der Waals surface area contributed by atoms with Crippen LogP contribution in [0.15, 0.2) is 22.8 Å². The summed E-state index contributed by atoms with van der Waals surface area (Å²) in [6.45, 7) is 1.93. The highest BCUT2D eigenvalue weighted by Crippen LogP contribution is 2.25. The lowest BCUT2D eigenvalue weighted by atomic mass is 10.1. The van der Waals surface area contributed by atoms with E-state index in [1.807, 2.05) is 17.0 Å². The van der Waals surface area contributed by atoms with Crippen LogP contribution < -0.4 is 0 Å². The molecule has 98 valence electrons. The van der Waals surface area contributed by atoms with Gasteiger partial charge >= 0.3 is 0 Å². The molecule has 0 spiro atoms. The van der Waals surface area contributed by atoms with Gasteiger partial charge in [-0.15, -0.1) is 0 Å². The van der Waals surface area contributed by atoms with Gasteiger partial charge in [0.05, 0.1) is 19.2 Å². The van der Waals surface area contributed by atoms with Gasteiger partial charge in [-0.2, -0.15) is 0 Å². The Morgan fingerprint density at radius 1 is 1.39 bits per heavy atom. The van der Waals surface area contributed by atoms with Crippen LogP contribution in [0.25, 0.3) is 0 Å². The van der Waals surface area contributed by atoms with Gasteiger partial charge in [0, 0.05) is 6.04 Å². The molecule has 1 aliphatic rings. The van der Waals surface area contributed by atoms with E-state index in [-0.39, 0.29) is 24.2 Å². The van der Waals surface area contributed by atoms with Crippen molar-refractivity contribution < 1.29 is 14.0 Å². The quantitative estimate of drug-likeness (QED) is 0.753. The summed E-state index contributed by atoms with van der Waals surface area (Å²) in [7, 11) is 0. The summed E-state index contributed by atoms with van der Waals surface area (Å²) >= 11 is 0. The molecular formula is C14H19NO3. The van der Waals surface area contributed by atoms with Crippen LogP contribution in [-0.2, 0) is 16.1 Å². The van der Waals surface area contributed by atoms with Crippen LogP contribution in [0.5, 0.6) is 0 Å². The van der Waals surface area contributed by atoms with Gasteiger partial charge in [-0.25, -0.2) is 0 Å². The third-order valence-corrected chi connectivity index (χ3v) is 3.39. The molecule has 0 bridgehead atoms. The van der Waals surface area contributed by atoms with E-state index in [1.54, 1.807) is 6.26 Å². The van der Waals surface area contributed by atoms with Crippen LogP contribution in [-0.4, -0.2) is 22.6 Å². The first-order valence-electron chi connectivity index (χ1n) is 6.48. The molecule has 0 atom stereocenters. The number of ketones is 1. The van der Waals surface area contributed by atoms with Gasteiger partial charge in [0.1, 0.15) is 11.5 Å². The van der Waals surface area contributed by atoms with E-state index in [0.29, 0.717) is 6.54 Å². The zero-order valence-electron chi connectivity index (χ0n) is 10.7. The van der Waals surface area contributed by atoms with Crippen molar-refractivity contribution in [3.8, 4) is 0 Å². The van der Waals surface area contributed by atoms with Gasteiger partial charge in [0.15, 0.2) is 0 Å². The predicted molar refractivity (Wildman–Crippen MR) is 66.8 cm³/mol. The standard InChI is InChI=1S/C14H19NO3/c1-11(16)9-14(17)15(12-5-2-3-6-12)10-13-7-4-8-18-13/h4,7-8,12H,2-3,5-6,9-10H2,1H3. The molecular weight excluding hydrogens is 230 g/mol. The number of Topliss-reactive ketones (excluding diaryl/α,β-unsaturated/α-hetero) is 1. The largest absolute Gasteiger partial charge is 0.467 e. The van der Waals surface area contributed by atoms with E-state index in [4.69, 9.17) is 4.42 Å². The minimum Gasteiger partial charge on any atom is -0.467 e. The van der Waals surface area contributed by atoms with Crippen molar-refractivity contribution in [3.63, 3.8) is 0 Å². The Morgan fingerprint density at radius 2 is 2.11 bits per heavy atom. The van der Waals surface area contributed by atoms with Crippen molar-refractivity contribution in [1.82, 2.24) is 4.90 Å². The Balaban J connectivity index is 2.06. The van der Waals surface area contributed by atoms with Gasteiger partial charge in [-0.3, -0.25) is 9.59 Å². The Hall–Kier alpha value is -1.58. The molecule has 1 amide bonds. The first kappa shape index (κ1) is 12.9. The van der Waals surface area contributed by atoms with Crippen molar-refractivity contribution in [2.24, 2.45) is 0 Å². The number of hydrogen-bond acceptors (Lipinski definition) is 3. The molecule has 0 radical (unpaired) electrons. The molecule has 0 unspecified atom stereocenters. The summed E-state index contributed by atoms with van der Waals surface area (Å²) in [5.74, 6) is 0.618. The predicted octanol–water partition coefficient (Wildman–Crippen LogP) is 2.53. The molecule has 1 saturated carbocycles. The third kappa shape index (κ3) is 3.22. The van der Waals surface area contributed by atoms with Gasteiger partial charge < -0.3 is 9.32 Å². The van der Waals surface area contributed by atoms with Crippen molar-refractivity contribution >= 4 is 11.7 Å². The second-order valence-electron chi connectivity index (χ2n) is 4.92. The highest BCUT2D eigenvalue weighted by molar-refractivity contribution is 5.96. The monoisotopic (exact) mass is 249 g/mol. The lowest BCUT2D eigenvalue weighted by Gasteiger charge is -2.28. The summed E-state index contributed by atoms with van der Waals surface area (Å²) in [4.78, 5) is 25.0. The number of amides is 1. The molecule has 1 aliphatic carbocycles. The molecule has 0 aliphatic heterocycles. The number of carbonyl (C=O) groups is 2. The van der Waals surface area contributed by atoms with Gasteiger partial charge in [0.25, 0.3) is 0 Å². The molecule has 0 saturated heterocycles. The first-order chi connectivity index (χ1) is 8.66. The average molecular weight is 249 g/mol. The molecule has 2 rings (SSSR count). The number of carbonyl (C=O) groups excluding carboxylic acids is 2. The number of furan rings is 1. The second-order valence-corrected chi connectivity index (χ2v) is 4.92. The van der Waals surface area contributed by atoms with Crippen molar-refractivity contribution in [2.75, 3.05) is 0 Å². The lowest BCUT2D eigenvalue weighted by molar-refractivity contribution is -0.137. The molecule has 1 aromatic rings. The van der Waals surface area contributed by atoms with E-state index in [1.165, 1.54) is 6.92 Å². The van der Waals surface area contributed by atoms with Gasteiger partial charge in [-0.1, -0.05) is 12.8 Å². The first-order valence-corrected chi connectivity index (χ1v) is 6.48. The van der Waals surface area contributed by atoms with E-state index >= 15 is 0 Å². The fourth-order valence-corrected chi connectivity index (χ4v) is 2.52. The van der Waals surface area contributed by atoms with Gasteiger partial charge in [0.2, 0.25) is 5.91 Å². The van der Waals surface area contributed by atoms with Crippen molar-refractivity contribution in [1.29, 1.82) is 0 Å². The summed E-state index contributed by atoms with van der Waals surface area (Å²) < 4.78 is 5.30.